The lowest BCUT2D eigenvalue weighted by Crippen LogP contribution is -2.44. The van der Waals surface area contributed by atoms with E-state index < -0.39 is 12.0 Å². The zero-order valence-corrected chi connectivity index (χ0v) is 10.4. The van der Waals surface area contributed by atoms with E-state index >= 15 is 0 Å². The van der Waals surface area contributed by atoms with Gasteiger partial charge < -0.3 is 10.4 Å². The monoisotopic (exact) mass is 216 g/mol. The lowest BCUT2D eigenvalue weighted by Gasteiger charge is -2.30. The van der Waals surface area contributed by atoms with Gasteiger partial charge in [-0.25, -0.2) is 0 Å². The summed E-state index contributed by atoms with van der Waals surface area (Å²) in [7, 11) is 0. The van der Waals surface area contributed by atoms with Gasteiger partial charge in [-0.3, -0.25) is 9.69 Å². The van der Waals surface area contributed by atoms with Crippen LogP contribution < -0.4 is 5.32 Å². The highest BCUT2D eigenvalue weighted by Crippen LogP contribution is 2.03. The Morgan fingerprint density at radius 2 is 1.67 bits per heavy atom. The maximum absolute atomic E-state index is 10.6. The molecule has 0 amide bonds. The molecule has 2 N–H and O–H groups in total. The van der Waals surface area contributed by atoms with Crippen molar-refractivity contribution in [3.8, 4) is 0 Å². The van der Waals surface area contributed by atoms with Gasteiger partial charge in [-0.2, -0.15) is 0 Å². The number of nitrogens with zero attached hydrogens (tertiary/aromatic N) is 1. The van der Waals surface area contributed by atoms with Crippen LogP contribution in [-0.2, 0) is 4.79 Å². The first kappa shape index (κ1) is 14.4. The van der Waals surface area contributed by atoms with Gasteiger partial charge in [-0.1, -0.05) is 0 Å². The number of hydrogen-bond acceptors (Lipinski definition) is 3. The molecule has 0 aliphatic heterocycles. The van der Waals surface area contributed by atoms with E-state index in [0.29, 0.717) is 18.6 Å². The van der Waals surface area contributed by atoms with Crippen LogP contribution >= 0.6 is 0 Å². The van der Waals surface area contributed by atoms with Gasteiger partial charge in [0.15, 0.2) is 0 Å². The van der Waals surface area contributed by atoms with Gasteiger partial charge in [-0.15, -0.1) is 0 Å². The van der Waals surface area contributed by atoms with Crippen molar-refractivity contribution in [1.29, 1.82) is 0 Å². The number of aliphatic carboxylic acids is 1. The molecule has 0 bridgehead atoms. The smallest absolute Gasteiger partial charge is 0.320 e. The molecule has 0 aromatic heterocycles. The van der Waals surface area contributed by atoms with Gasteiger partial charge >= 0.3 is 5.97 Å². The third-order valence-corrected chi connectivity index (χ3v) is 2.52. The summed E-state index contributed by atoms with van der Waals surface area (Å²) in [5.41, 5.74) is 0. The van der Waals surface area contributed by atoms with E-state index in [2.05, 4.69) is 37.9 Å². The van der Waals surface area contributed by atoms with Gasteiger partial charge in [0, 0.05) is 25.2 Å². The van der Waals surface area contributed by atoms with E-state index in [9.17, 15) is 4.79 Å². The molecule has 0 aromatic carbocycles. The second-order valence-corrected chi connectivity index (χ2v) is 4.44. The maximum Gasteiger partial charge on any atom is 0.320 e. The Labute approximate surface area is 92.7 Å². The van der Waals surface area contributed by atoms with Crippen molar-refractivity contribution in [2.75, 3.05) is 13.1 Å². The Bertz CT molecular complexity index is 185. The second kappa shape index (κ2) is 6.80. The molecule has 0 aromatic rings. The Morgan fingerprint density at radius 3 is 2.00 bits per heavy atom. The van der Waals surface area contributed by atoms with Crippen molar-refractivity contribution in [3.63, 3.8) is 0 Å². The fourth-order valence-electron chi connectivity index (χ4n) is 1.61. The topological polar surface area (TPSA) is 52.6 Å². The predicted octanol–water partition coefficient (Wildman–Crippen LogP) is 1.17. The predicted molar refractivity (Wildman–Crippen MR) is 62.1 cm³/mol. The van der Waals surface area contributed by atoms with Gasteiger partial charge in [0.2, 0.25) is 0 Å². The highest BCUT2D eigenvalue weighted by molar-refractivity contribution is 5.72. The summed E-state index contributed by atoms with van der Waals surface area (Å²) in [5.74, 6) is -0.796. The molecule has 90 valence electrons. The van der Waals surface area contributed by atoms with E-state index in [-0.39, 0.29) is 0 Å². The molecular formula is C11H24N2O2. The molecule has 4 heteroatoms. The standard InChI is InChI=1S/C11H24N2O2/c1-8(2)13(9(3)4)7-6-12-10(5)11(14)15/h8-10,12H,6-7H2,1-5H3,(H,14,15)/t10-/m0/s1. The van der Waals surface area contributed by atoms with E-state index in [1.54, 1.807) is 6.92 Å². The van der Waals surface area contributed by atoms with Crippen molar-refractivity contribution in [1.82, 2.24) is 10.2 Å². The molecule has 0 heterocycles. The van der Waals surface area contributed by atoms with Gasteiger partial charge in [0.05, 0.1) is 0 Å². The van der Waals surface area contributed by atoms with E-state index in [4.69, 9.17) is 5.11 Å². The van der Waals surface area contributed by atoms with Crippen molar-refractivity contribution < 1.29 is 9.90 Å². The summed E-state index contributed by atoms with van der Waals surface area (Å²) in [4.78, 5) is 12.9. The fraction of sp³-hybridized carbons (Fsp3) is 0.909. The van der Waals surface area contributed by atoms with Crippen LogP contribution in [0.2, 0.25) is 0 Å². The summed E-state index contributed by atoms with van der Waals surface area (Å²) >= 11 is 0. The Hall–Kier alpha value is -0.610. The van der Waals surface area contributed by atoms with Crippen molar-refractivity contribution in [3.05, 3.63) is 0 Å². The minimum atomic E-state index is -0.796. The van der Waals surface area contributed by atoms with Crippen LogP contribution in [0, 0.1) is 0 Å². The molecule has 0 saturated heterocycles. The summed E-state index contributed by atoms with van der Waals surface area (Å²) in [6.07, 6.45) is 0. The van der Waals surface area contributed by atoms with Crippen molar-refractivity contribution in [2.24, 2.45) is 0 Å². The molecular weight excluding hydrogens is 192 g/mol. The maximum atomic E-state index is 10.6. The minimum Gasteiger partial charge on any atom is -0.480 e. The summed E-state index contributed by atoms with van der Waals surface area (Å²) in [6, 6.07) is 0.519. The van der Waals surface area contributed by atoms with Gasteiger partial charge in [0.25, 0.3) is 0 Å². The number of hydrogen-bond donors (Lipinski definition) is 2. The van der Waals surface area contributed by atoms with Gasteiger partial charge in [0.1, 0.15) is 6.04 Å². The third kappa shape index (κ3) is 5.74. The average molecular weight is 216 g/mol. The van der Waals surface area contributed by atoms with Gasteiger partial charge in [-0.05, 0) is 34.6 Å². The molecule has 0 radical (unpaired) electrons. The zero-order chi connectivity index (χ0) is 12.0. The van der Waals surface area contributed by atoms with Crippen LogP contribution in [0.15, 0.2) is 0 Å². The lowest BCUT2D eigenvalue weighted by molar-refractivity contribution is -0.139. The lowest BCUT2D eigenvalue weighted by atomic mass is 10.2. The highest BCUT2D eigenvalue weighted by atomic mass is 16.4. The molecule has 4 nitrogen and oxygen atoms in total. The number of rotatable bonds is 7. The van der Waals surface area contributed by atoms with E-state index in [1.165, 1.54) is 0 Å². The quantitative estimate of drug-likeness (QED) is 0.670. The second-order valence-electron chi connectivity index (χ2n) is 4.44. The summed E-state index contributed by atoms with van der Waals surface area (Å²) < 4.78 is 0. The fourth-order valence-corrected chi connectivity index (χ4v) is 1.61. The average Bonchev–Trinajstić information content (AvgIpc) is 2.10. The van der Waals surface area contributed by atoms with Crippen LogP contribution in [-0.4, -0.2) is 47.2 Å². The largest absolute Gasteiger partial charge is 0.480 e. The molecule has 0 fully saturated rings. The Morgan fingerprint density at radius 1 is 1.20 bits per heavy atom. The zero-order valence-electron chi connectivity index (χ0n) is 10.4. The molecule has 0 saturated carbocycles. The van der Waals surface area contributed by atoms with Crippen LogP contribution in [0.1, 0.15) is 34.6 Å². The van der Waals surface area contributed by atoms with E-state index in [0.717, 1.165) is 6.54 Å². The van der Waals surface area contributed by atoms with Crippen LogP contribution in [0.3, 0.4) is 0 Å². The Balaban J connectivity index is 3.86. The normalized spacial score (nSPS) is 13.9. The molecule has 0 unspecified atom stereocenters. The first-order valence-corrected chi connectivity index (χ1v) is 5.58. The summed E-state index contributed by atoms with van der Waals surface area (Å²) in [5, 5.41) is 11.7. The Kier molecular flexibility index (Phi) is 6.52. The number of carboxylic acid groups (broad SMARTS) is 1. The van der Waals surface area contributed by atoms with Crippen molar-refractivity contribution in [2.45, 2.75) is 52.7 Å². The molecule has 0 spiro atoms. The number of carboxylic acids is 1. The van der Waals surface area contributed by atoms with Crippen LogP contribution in [0.4, 0.5) is 0 Å². The molecule has 0 aliphatic rings. The molecule has 15 heavy (non-hydrogen) atoms. The SMILES string of the molecule is CC(C)N(CCN[C@@H](C)C(=O)O)C(C)C. The number of nitrogens with one attached hydrogen (secondary N) is 1. The molecule has 1 atom stereocenters. The van der Waals surface area contributed by atoms with Crippen molar-refractivity contribution >= 4 is 5.97 Å². The minimum absolute atomic E-state index is 0.467. The molecule has 0 rings (SSSR count). The van der Waals surface area contributed by atoms with Crippen LogP contribution in [0.25, 0.3) is 0 Å². The van der Waals surface area contributed by atoms with Crippen LogP contribution in [0.5, 0.6) is 0 Å². The highest BCUT2D eigenvalue weighted by Gasteiger charge is 2.14. The number of carbonyl (C=O) groups is 1. The summed E-state index contributed by atoms with van der Waals surface area (Å²) in [6.45, 7) is 11.9. The first-order chi connectivity index (χ1) is 6.86. The van der Waals surface area contributed by atoms with E-state index in [1.807, 2.05) is 0 Å². The first-order valence-electron chi connectivity index (χ1n) is 5.58. The molecule has 0 aliphatic carbocycles. The third-order valence-electron chi connectivity index (χ3n) is 2.52.